The Balaban J connectivity index is 4.22. The third-order valence-corrected chi connectivity index (χ3v) is 4.28. The standard InChI is InChI=1S/C18H37/c1-6-9-12-14-17(15-13-10-7-2)18(4,5)16-11-8-3/h6-16H2,1-5H3. The summed E-state index contributed by atoms with van der Waals surface area (Å²) in [5.74, 6) is 1.86. The lowest BCUT2D eigenvalue weighted by Gasteiger charge is -2.34. The van der Waals surface area contributed by atoms with Crippen molar-refractivity contribution in [3.05, 3.63) is 5.92 Å². The van der Waals surface area contributed by atoms with Gasteiger partial charge in [-0.3, -0.25) is 0 Å². The first kappa shape index (κ1) is 18.0. The minimum Gasteiger partial charge on any atom is -0.0654 e. The van der Waals surface area contributed by atoms with Crippen molar-refractivity contribution in [2.24, 2.45) is 5.41 Å². The summed E-state index contributed by atoms with van der Waals surface area (Å²) >= 11 is 0. The van der Waals surface area contributed by atoms with Crippen LogP contribution in [0.5, 0.6) is 0 Å². The van der Waals surface area contributed by atoms with Crippen molar-refractivity contribution in [2.75, 3.05) is 0 Å². The van der Waals surface area contributed by atoms with Crippen molar-refractivity contribution in [3.8, 4) is 0 Å². The molecule has 0 saturated carbocycles. The van der Waals surface area contributed by atoms with Crippen LogP contribution in [0.15, 0.2) is 0 Å². The Morgan fingerprint density at radius 2 is 1.11 bits per heavy atom. The third kappa shape index (κ3) is 8.16. The Morgan fingerprint density at radius 3 is 1.50 bits per heavy atom. The maximum absolute atomic E-state index is 2.48. The highest BCUT2D eigenvalue weighted by atomic mass is 14.3. The largest absolute Gasteiger partial charge is 0.0654 e. The van der Waals surface area contributed by atoms with Crippen molar-refractivity contribution < 1.29 is 0 Å². The minimum absolute atomic E-state index is 0.484. The molecule has 0 atom stereocenters. The van der Waals surface area contributed by atoms with E-state index in [2.05, 4.69) is 34.6 Å². The summed E-state index contributed by atoms with van der Waals surface area (Å²) in [6.07, 6.45) is 15.2. The van der Waals surface area contributed by atoms with E-state index in [0.29, 0.717) is 5.41 Å². The van der Waals surface area contributed by atoms with E-state index in [4.69, 9.17) is 0 Å². The first-order valence-electron chi connectivity index (χ1n) is 8.43. The van der Waals surface area contributed by atoms with Crippen molar-refractivity contribution >= 4 is 0 Å². The Labute approximate surface area is 117 Å². The number of rotatable bonds is 12. The van der Waals surface area contributed by atoms with Gasteiger partial charge in [-0.15, -0.1) is 0 Å². The molecule has 0 rings (SSSR count). The average Bonchev–Trinajstić information content (AvgIpc) is 2.35. The van der Waals surface area contributed by atoms with Crippen LogP contribution < -0.4 is 0 Å². The Bertz CT molecular complexity index is 159. The van der Waals surface area contributed by atoms with Crippen LogP contribution in [-0.2, 0) is 0 Å². The summed E-state index contributed by atoms with van der Waals surface area (Å²) < 4.78 is 0. The van der Waals surface area contributed by atoms with Gasteiger partial charge < -0.3 is 0 Å². The molecule has 0 aliphatic carbocycles. The van der Waals surface area contributed by atoms with E-state index < -0.39 is 0 Å². The predicted molar refractivity (Wildman–Crippen MR) is 84.8 cm³/mol. The van der Waals surface area contributed by atoms with Crippen molar-refractivity contribution in [1.29, 1.82) is 0 Å². The van der Waals surface area contributed by atoms with E-state index >= 15 is 0 Å². The highest BCUT2D eigenvalue weighted by Gasteiger charge is 2.28. The van der Waals surface area contributed by atoms with E-state index in [1.165, 1.54) is 70.6 Å². The van der Waals surface area contributed by atoms with Gasteiger partial charge in [-0.05, 0) is 30.6 Å². The fourth-order valence-electron chi connectivity index (χ4n) is 2.77. The molecule has 0 aliphatic rings. The van der Waals surface area contributed by atoms with Crippen LogP contribution in [0.2, 0.25) is 0 Å². The zero-order valence-electron chi connectivity index (χ0n) is 13.8. The first-order chi connectivity index (χ1) is 8.58. The summed E-state index contributed by atoms with van der Waals surface area (Å²) in [7, 11) is 0. The number of unbranched alkanes of at least 4 members (excludes halogenated alkanes) is 5. The summed E-state index contributed by atoms with van der Waals surface area (Å²) in [6, 6.07) is 0. The lowest BCUT2D eigenvalue weighted by molar-refractivity contribution is 0.301. The maximum atomic E-state index is 2.48. The van der Waals surface area contributed by atoms with E-state index in [1.54, 1.807) is 0 Å². The highest BCUT2D eigenvalue weighted by molar-refractivity contribution is 5.02. The van der Waals surface area contributed by atoms with Gasteiger partial charge in [0.1, 0.15) is 0 Å². The highest BCUT2D eigenvalue weighted by Crippen LogP contribution is 2.40. The molecule has 0 saturated heterocycles. The fraction of sp³-hybridized carbons (Fsp3) is 0.944. The third-order valence-electron chi connectivity index (χ3n) is 4.28. The molecule has 18 heavy (non-hydrogen) atoms. The molecular formula is C18H37. The van der Waals surface area contributed by atoms with Crippen molar-refractivity contribution in [2.45, 2.75) is 105 Å². The second kappa shape index (κ2) is 10.9. The van der Waals surface area contributed by atoms with Crippen LogP contribution in [-0.4, -0.2) is 0 Å². The van der Waals surface area contributed by atoms with Gasteiger partial charge in [-0.25, -0.2) is 0 Å². The molecule has 0 bridgehead atoms. The first-order valence-corrected chi connectivity index (χ1v) is 8.43. The summed E-state index contributed by atoms with van der Waals surface area (Å²) in [5, 5.41) is 0. The van der Waals surface area contributed by atoms with Gasteiger partial charge in [0.25, 0.3) is 0 Å². The fourth-order valence-corrected chi connectivity index (χ4v) is 2.77. The van der Waals surface area contributed by atoms with Gasteiger partial charge in [-0.1, -0.05) is 86.0 Å². The molecule has 109 valence electrons. The van der Waals surface area contributed by atoms with E-state index in [9.17, 15) is 0 Å². The van der Waals surface area contributed by atoms with Gasteiger partial charge in [0.2, 0.25) is 0 Å². The molecule has 0 nitrogen and oxygen atoms in total. The molecular weight excluding hydrogens is 216 g/mol. The lowest BCUT2D eigenvalue weighted by Crippen LogP contribution is -2.22. The molecule has 0 aromatic carbocycles. The molecule has 0 heteroatoms. The van der Waals surface area contributed by atoms with E-state index in [0.717, 1.165) is 0 Å². The summed E-state index contributed by atoms with van der Waals surface area (Å²) in [4.78, 5) is 0. The SMILES string of the molecule is CCCCC[C](CCCCC)C(C)(C)CCCC. The minimum atomic E-state index is 0.484. The van der Waals surface area contributed by atoms with E-state index in [-0.39, 0.29) is 0 Å². The smallest absolute Gasteiger partial charge is 0.0185 e. The van der Waals surface area contributed by atoms with E-state index in [1.807, 2.05) is 5.92 Å². The average molecular weight is 253 g/mol. The summed E-state index contributed by atoms with van der Waals surface area (Å²) in [6.45, 7) is 11.9. The quantitative estimate of drug-likeness (QED) is 0.330. The Morgan fingerprint density at radius 1 is 0.667 bits per heavy atom. The van der Waals surface area contributed by atoms with Gasteiger partial charge in [0, 0.05) is 0 Å². The Hall–Kier alpha value is 0. The predicted octanol–water partition coefficient (Wildman–Crippen LogP) is 6.94. The van der Waals surface area contributed by atoms with Crippen LogP contribution in [0, 0.1) is 11.3 Å². The number of hydrogen-bond donors (Lipinski definition) is 0. The van der Waals surface area contributed by atoms with Crippen LogP contribution >= 0.6 is 0 Å². The molecule has 0 amide bonds. The van der Waals surface area contributed by atoms with Gasteiger partial charge in [0.05, 0.1) is 0 Å². The molecule has 0 N–H and O–H groups in total. The zero-order valence-corrected chi connectivity index (χ0v) is 13.8. The molecule has 0 aromatic rings. The molecule has 0 spiro atoms. The van der Waals surface area contributed by atoms with Gasteiger partial charge >= 0.3 is 0 Å². The maximum Gasteiger partial charge on any atom is -0.0185 e. The molecule has 1 radical (unpaired) electrons. The Kier molecular flexibility index (Phi) is 10.9. The van der Waals surface area contributed by atoms with Gasteiger partial charge in [-0.2, -0.15) is 0 Å². The van der Waals surface area contributed by atoms with Crippen LogP contribution in [0.4, 0.5) is 0 Å². The topological polar surface area (TPSA) is 0 Å². The van der Waals surface area contributed by atoms with Crippen LogP contribution in [0.3, 0.4) is 0 Å². The zero-order chi connectivity index (χ0) is 13.9. The van der Waals surface area contributed by atoms with Crippen molar-refractivity contribution in [1.82, 2.24) is 0 Å². The van der Waals surface area contributed by atoms with Crippen LogP contribution in [0.1, 0.15) is 105 Å². The molecule has 0 aliphatic heterocycles. The van der Waals surface area contributed by atoms with Crippen LogP contribution in [0.25, 0.3) is 0 Å². The second-order valence-electron chi connectivity index (χ2n) is 6.51. The normalized spacial score (nSPS) is 12.3. The summed E-state index contributed by atoms with van der Waals surface area (Å²) in [5.41, 5.74) is 0.484. The second-order valence-corrected chi connectivity index (χ2v) is 6.51. The molecule has 0 aromatic heterocycles. The molecule has 0 fully saturated rings. The van der Waals surface area contributed by atoms with Gasteiger partial charge in [0.15, 0.2) is 0 Å². The number of hydrogen-bond acceptors (Lipinski definition) is 0. The lowest BCUT2D eigenvalue weighted by atomic mass is 9.71. The monoisotopic (exact) mass is 253 g/mol. The van der Waals surface area contributed by atoms with Crippen molar-refractivity contribution in [3.63, 3.8) is 0 Å². The molecule has 0 heterocycles. The molecule has 0 unspecified atom stereocenters.